The first kappa shape index (κ1) is 14.6. The zero-order valence-electron chi connectivity index (χ0n) is 11.7. The van der Waals surface area contributed by atoms with Crippen LogP contribution in [0.25, 0.3) is 0 Å². The SMILES string of the molecule is CCCCNC(=O)CN(CC)c1cccc(C)c1. The third-order valence-electron chi connectivity index (χ3n) is 2.94. The van der Waals surface area contributed by atoms with Gasteiger partial charge in [-0.25, -0.2) is 0 Å². The van der Waals surface area contributed by atoms with E-state index >= 15 is 0 Å². The van der Waals surface area contributed by atoms with Gasteiger partial charge in [-0.1, -0.05) is 25.5 Å². The Bertz CT molecular complexity index is 377. The number of nitrogens with zero attached hydrogens (tertiary/aromatic N) is 1. The first-order valence-corrected chi connectivity index (χ1v) is 6.75. The molecule has 3 heteroatoms. The van der Waals surface area contributed by atoms with Crippen molar-refractivity contribution in [2.45, 2.75) is 33.6 Å². The smallest absolute Gasteiger partial charge is 0.239 e. The van der Waals surface area contributed by atoms with Crippen LogP contribution >= 0.6 is 0 Å². The van der Waals surface area contributed by atoms with Gasteiger partial charge in [0.1, 0.15) is 0 Å². The number of anilines is 1. The van der Waals surface area contributed by atoms with Crippen LogP contribution in [0.3, 0.4) is 0 Å². The van der Waals surface area contributed by atoms with Gasteiger partial charge in [-0.05, 0) is 38.0 Å². The van der Waals surface area contributed by atoms with E-state index in [0.29, 0.717) is 6.54 Å². The van der Waals surface area contributed by atoms with E-state index in [1.165, 1.54) is 5.56 Å². The molecule has 1 aromatic rings. The van der Waals surface area contributed by atoms with E-state index in [0.717, 1.165) is 31.6 Å². The van der Waals surface area contributed by atoms with Crippen molar-refractivity contribution in [1.82, 2.24) is 5.32 Å². The number of benzene rings is 1. The van der Waals surface area contributed by atoms with Crippen LogP contribution in [0.1, 0.15) is 32.3 Å². The molecule has 1 aromatic carbocycles. The Morgan fingerprint density at radius 3 is 2.72 bits per heavy atom. The van der Waals surface area contributed by atoms with Gasteiger partial charge in [0, 0.05) is 18.8 Å². The summed E-state index contributed by atoms with van der Waals surface area (Å²) >= 11 is 0. The summed E-state index contributed by atoms with van der Waals surface area (Å²) in [6, 6.07) is 8.26. The lowest BCUT2D eigenvalue weighted by molar-refractivity contribution is -0.119. The van der Waals surface area contributed by atoms with E-state index in [1.807, 2.05) is 6.07 Å². The molecule has 0 bridgehead atoms. The maximum atomic E-state index is 11.8. The molecule has 0 aliphatic heterocycles. The lowest BCUT2D eigenvalue weighted by Crippen LogP contribution is -2.37. The Labute approximate surface area is 110 Å². The highest BCUT2D eigenvalue weighted by Crippen LogP contribution is 2.15. The first-order chi connectivity index (χ1) is 8.67. The van der Waals surface area contributed by atoms with Gasteiger partial charge in [0.05, 0.1) is 6.54 Å². The summed E-state index contributed by atoms with van der Waals surface area (Å²) in [5.74, 6) is 0.104. The molecule has 0 fully saturated rings. The topological polar surface area (TPSA) is 32.3 Å². The molecular formula is C15H24N2O. The molecule has 1 N–H and O–H groups in total. The molecular weight excluding hydrogens is 224 g/mol. The summed E-state index contributed by atoms with van der Waals surface area (Å²) in [5.41, 5.74) is 2.33. The molecule has 0 aromatic heterocycles. The van der Waals surface area contributed by atoms with Crippen LogP contribution in [0.4, 0.5) is 5.69 Å². The number of hydrogen-bond donors (Lipinski definition) is 1. The van der Waals surface area contributed by atoms with E-state index in [1.54, 1.807) is 0 Å². The first-order valence-electron chi connectivity index (χ1n) is 6.75. The highest BCUT2D eigenvalue weighted by atomic mass is 16.2. The van der Waals surface area contributed by atoms with Crippen LogP contribution in [-0.2, 0) is 4.79 Å². The van der Waals surface area contributed by atoms with Crippen LogP contribution in [0.15, 0.2) is 24.3 Å². The van der Waals surface area contributed by atoms with Crippen LogP contribution < -0.4 is 10.2 Å². The Morgan fingerprint density at radius 2 is 2.11 bits per heavy atom. The lowest BCUT2D eigenvalue weighted by atomic mass is 10.2. The van der Waals surface area contributed by atoms with Crippen LogP contribution in [0.5, 0.6) is 0 Å². The molecule has 0 heterocycles. The van der Waals surface area contributed by atoms with Gasteiger partial charge in [-0.2, -0.15) is 0 Å². The van der Waals surface area contributed by atoms with Crippen molar-refractivity contribution in [3.05, 3.63) is 29.8 Å². The summed E-state index contributed by atoms with van der Waals surface area (Å²) in [6.07, 6.45) is 2.15. The van der Waals surface area contributed by atoms with Crippen molar-refractivity contribution in [3.63, 3.8) is 0 Å². The van der Waals surface area contributed by atoms with Gasteiger partial charge in [-0.3, -0.25) is 4.79 Å². The maximum Gasteiger partial charge on any atom is 0.239 e. The quantitative estimate of drug-likeness (QED) is 0.753. The number of nitrogens with one attached hydrogen (secondary N) is 1. The molecule has 0 saturated carbocycles. The van der Waals surface area contributed by atoms with Gasteiger partial charge in [-0.15, -0.1) is 0 Å². The van der Waals surface area contributed by atoms with Crippen molar-refractivity contribution >= 4 is 11.6 Å². The Kier molecular flexibility index (Phi) is 6.26. The number of unbranched alkanes of at least 4 members (excludes halogenated alkanes) is 1. The number of hydrogen-bond acceptors (Lipinski definition) is 2. The van der Waals surface area contributed by atoms with Gasteiger partial charge < -0.3 is 10.2 Å². The highest BCUT2D eigenvalue weighted by Gasteiger charge is 2.09. The van der Waals surface area contributed by atoms with E-state index < -0.39 is 0 Å². The summed E-state index contributed by atoms with van der Waals surface area (Å²) in [5, 5.41) is 2.95. The summed E-state index contributed by atoms with van der Waals surface area (Å²) < 4.78 is 0. The number of rotatable bonds is 7. The molecule has 100 valence electrons. The van der Waals surface area contributed by atoms with Crippen LogP contribution in [-0.4, -0.2) is 25.5 Å². The van der Waals surface area contributed by atoms with Gasteiger partial charge in [0.2, 0.25) is 5.91 Å². The average Bonchev–Trinajstić information content (AvgIpc) is 2.36. The zero-order chi connectivity index (χ0) is 13.4. The standard InChI is InChI=1S/C15H24N2O/c1-4-6-10-16-15(18)12-17(5-2)14-9-7-8-13(3)11-14/h7-9,11H,4-6,10,12H2,1-3H3,(H,16,18). The Hall–Kier alpha value is -1.51. The monoisotopic (exact) mass is 248 g/mol. The number of likely N-dealkylation sites (N-methyl/N-ethyl adjacent to an activating group) is 1. The second-order valence-corrected chi connectivity index (χ2v) is 4.56. The van der Waals surface area contributed by atoms with E-state index in [9.17, 15) is 4.79 Å². The summed E-state index contributed by atoms with van der Waals surface area (Å²) in [4.78, 5) is 13.9. The van der Waals surface area contributed by atoms with Crippen molar-refractivity contribution in [2.75, 3.05) is 24.5 Å². The largest absolute Gasteiger partial charge is 0.362 e. The average molecular weight is 248 g/mol. The van der Waals surface area contributed by atoms with Crippen molar-refractivity contribution in [3.8, 4) is 0 Å². The molecule has 0 aliphatic carbocycles. The predicted octanol–water partition coefficient (Wildman–Crippen LogP) is 2.74. The Balaban J connectivity index is 2.54. The summed E-state index contributed by atoms with van der Waals surface area (Å²) in [7, 11) is 0. The van der Waals surface area contributed by atoms with Crippen LogP contribution in [0, 0.1) is 6.92 Å². The number of aryl methyl sites for hydroxylation is 1. The Morgan fingerprint density at radius 1 is 1.33 bits per heavy atom. The third-order valence-corrected chi connectivity index (χ3v) is 2.94. The fourth-order valence-corrected chi connectivity index (χ4v) is 1.84. The minimum atomic E-state index is 0.104. The van der Waals surface area contributed by atoms with Gasteiger partial charge >= 0.3 is 0 Å². The van der Waals surface area contributed by atoms with Crippen LogP contribution in [0.2, 0.25) is 0 Å². The van der Waals surface area contributed by atoms with Gasteiger partial charge in [0.15, 0.2) is 0 Å². The lowest BCUT2D eigenvalue weighted by Gasteiger charge is -2.22. The molecule has 1 amide bonds. The zero-order valence-corrected chi connectivity index (χ0v) is 11.7. The molecule has 0 aliphatic rings. The molecule has 0 saturated heterocycles. The third kappa shape index (κ3) is 4.78. The molecule has 18 heavy (non-hydrogen) atoms. The van der Waals surface area contributed by atoms with Gasteiger partial charge in [0.25, 0.3) is 0 Å². The van der Waals surface area contributed by atoms with E-state index in [-0.39, 0.29) is 5.91 Å². The molecule has 0 radical (unpaired) electrons. The molecule has 1 rings (SSSR count). The summed E-state index contributed by atoms with van der Waals surface area (Å²) in [6.45, 7) is 8.31. The maximum absolute atomic E-state index is 11.8. The number of carbonyl (C=O) groups excluding carboxylic acids is 1. The van der Waals surface area contributed by atoms with E-state index in [4.69, 9.17) is 0 Å². The van der Waals surface area contributed by atoms with Crippen molar-refractivity contribution < 1.29 is 4.79 Å². The van der Waals surface area contributed by atoms with Crippen molar-refractivity contribution in [2.24, 2.45) is 0 Å². The minimum absolute atomic E-state index is 0.104. The molecule has 3 nitrogen and oxygen atoms in total. The number of amides is 1. The van der Waals surface area contributed by atoms with Crippen molar-refractivity contribution in [1.29, 1.82) is 0 Å². The molecule has 0 unspecified atom stereocenters. The second kappa shape index (κ2) is 7.75. The van der Waals surface area contributed by atoms with E-state index in [2.05, 4.69) is 49.2 Å². The normalized spacial score (nSPS) is 10.2. The fourth-order valence-electron chi connectivity index (χ4n) is 1.84. The minimum Gasteiger partial charge on any atom is -0.362 e. The molecule has 0 spiro atoms. The second-order valence-electron chi connectivity index (χ2n) is 4.56. The molecule has 0 atom stereocenters. The predicted molar refractivity (Wildman–Crippen MR) is 77.0 cm³/mol. The fraction of sp³-hybridized carbons (Fsp3) is 0.533. The number of carbonyl (C=O) groups is 1. The highest BCUT2D eigenvalue weighted by molar-refractivity contribution is 5.81.